The molecule has 2 heterocycles. The Morgan fingerprint density at radius 1 is 1.55 bits per heavy atom. The van der Waals surface area contributed by atoms with Crippen molar-refractivity contribution in [2.45, 2.75) is 26.8 Å². The van der Waals surface area contributed by atoms with E-state index < -0.39 is 12.0 Å². The van der Waals surface area contributed by atoms with Gasteiger partial charge in [-0.05, 0) is 20.8 Å². The lowest BCUT2D eigenvalue weighted by molar-refractivity contribution is -0.143. The standard InChI is InChI=1S/C12H16N4O4/c1-4-19-6-10(12(17)18)16-5-9(13-15-16)11-7(2)14-20-8(11)3/h5,10H,4,6H2,1-3H3,(H,17,18). The van der Waals surface area contributed by atoms with E-state index in [0.717, 1.165) is 5.56 Å². The molecule has 2 rings (SSSR count). The van der Waals surface area contributed by atoms with Crippen LogP contribution in [0.25, 0.3) is 11.3 Å². The summed E-state index contributed by atoms with van der Waals surface area (Å²) in [5, 5.41) is 20.9. The first-order chi connectivity index (χ1) is 9.54. The average Bonchev–Trinajstić information content (AvgIpc) is 2.97. The van der Waals surface area contributed by atoms with Crippen molar-refractivity contribution in [2.75, 3.05) is 13.2 Å². The highest BCUT2D eigenvalue weighted by Gasteiger charge is 2.23. The SMILES string of the molecule is CCOCC(C(=O)O)n1cc(-c2c(C)noc2C)nn1. The Kier molecular flexibility index (Phi) is 4.14. The van der Waals surface area contributed by atoms with Gasteiger partial charge in [-0.3, -0.25) is 0 Å². The van der Waals surface area contributed by atoms with E-state index in [4.69, 9.17) is 9.26 Å². The number of carboxylic acid groups (broad SMARTS) is 1. The Balaban J connectivity index is 2.29. The van der Waals surface area contributed by atoms with Gasteiger partial charge in [-0.15, -0.1) is 5.10 Å². The molecule has 0 amide bonds. The van der Waals surface area contributed by atoms with Gasteiger partial charge in [0.1, 0.15) is 11.5 Å². The van der Waals surface area contributed by atoms with E-state index in [2.05, 4.69) is 15.5 Å². The predicted molar refractivity (Wildman–Crippen MR) is 68.2 cm³/mol. The van der Waals surface area contributed by atoms with Crippen LogP contribution >= 0.6 is 0 Å². The summed E-state index contributed by atoms with van der Waals surface area (Å²) in [5.74, 6) is -0.403. The molecule has 2 aromatic heterocycles. The first-order valence-corrected chi connectivity index (χ1v) is 6.20. The molecular formula is C12H16N4O4. The summed E-state index contributed by atoms with van der Waals surface area (Å²) in [4.78, 5) is 11.2. The Bertz CT molecular complexity index is 585. The van der Waals surface area contributed by atoms with Crippen LogP contribution in [0.2, 0.25) is 0 Å². The second-order valence-corrected chi connectivity index (χ2v) is 4.30. The maximum absolute atomic E-state index is 11.2. The fourth-order valence-corrected chi connectivity index (χ4v) is 1.88. The van der Waals surface area contributed by atoms with E-state index in [1.807, 2.05) is 0 Å². The zero-order valence-electron chi connectivity index (χ0n) is 11.5. The van der Waals surface area contributed by atoms with Crippen LogP contribution in [0.3, 0.4) is 0 Å². The minimum Gasteiger partial charge on any atom is -0.480 e. The van der Waals surface area contributed by atoms with Crippen molar-refractivity contribution in [1.29, 1.82) is 0 Å². The van der Waals surface area contributed by atoms with Crippen LogP contribution in [0.5, 0.6) is 0 Å². The van der Waals surface area contributed by atoms with E-state index in [-0.39, 0.29) is 6.61 Å². The molecule has 0 bridgehead atoms. The van der Waals surface area contributed by atoms with Gasteiger partial charge in [-0.25, -0.2) is 9.48 Å². The van der Waals surface area contributed by atoms with Crippen molar-refractivity contribution < 1.29 is 19.2 Å². The number of ether oxygens (including phenoxy) is 1. The molecule has 0 saturated carbocycles. The van der Waals surface area contributed by atoms with Crippen molar-refractivity contribution in [3.8, 4) is 11.3 Å². The van der Waals surface area contributed by atoms with Gasteiger partial charge in [-0.1, -0.05) is 10.4 Å². The highest BCUT2D eigenvalue weighted by molar-refractivity contribution is 5.72. The first kappa shape index (κ1) is 14.2. The smallest absolute Gasteiger partial charge is 0.330 e. The monoisotopic (exact) mass is 280 g/mol. The zero-order chi connectivity index (χ0) is 14.7. The van der Waals surface area contributed by atoms with Crippen molar-refractivity contribution in [3.05, 3.63) is 17.7 Å². The topological polar surface area (TPSA) is 103 Å². The number of aromatic nitrogens is 4. The summed E-state index contributed by atoms with van der Waals surface area (Å²) in [7, 11) is 0. The normalized spacial score (nSPS) is 12.6. The summed E-state index contributed by atoms with van der Waals surface area (Å²) in [5.41, 5.74) is 1.95. The number of hydrogen-bond donors (Lipinski definition) is 1. The molecule has 1 atom stereocenters. The maximum atomic E-state index is 11.2. The molecule has 0 fully saturated rings. The molecule has 108 valence electrons. The van der Waals surface area contributed by atoms with E-state index in [9.17, 15) is 9.90 Å². The molecule has 2 aromatic rings. The van der Waals surface area contributed by atoms with Crippen LogP contribution in [0.15, 0.2) is 10.7 Å². The molecule has 0 radical (unpaired) electrons. The van der Waals surface area contributed by atoms with Gasteiger partial charge in [-0.2, -0.15) is 0 Å². The number of carbonyl (C=O) groups is 1. The lowest BCUT2D eigenvalue weighted by Crippen LogP contribution is -2.24. The largest absolute Gasteiger partial charge is 0.480 e. The molecule has 0 aliphatic rings. The predicted octanol–water partition coefficient (Wildman–Crippen LogP) is 1.21. The van der Waals surface area contributed by atoms with E-state index in [1.165, 1.54) is 4.68 Å². The second kappa shape index (κ2) is 5.83. The summed E-state index contributed by atoms with van der Waals surface area (Å²) < 4.78 is 11.5. The van der Waals surface area contributed by atoms with Crippen LogP contribution in [0.1, 0.15) is 24.4 Å². The van der Waals surface area contributed by atoms with Crippen molar-refractivity contribution in [3.63, 3.8) is 0 Å². The van der Waals surface area contributed by atoms with Gasteiger partial charge >= 0.3 is 5.97 Å². The molecule has 0 aliphatic heterocycles. The van der Waals surface area contributed by atoms with E-state index in [1.54, 1.807) is 27.0 Å². The van der Waals surface area contributed by atoms with Crippen LogP contribution < -0.4 is 0 Å². The van der Waals surface area contributed by atoms with Crippen LogP contribution in [0, 0.1) is 13.8 Å². The van der Waals surface area contributed by atoms with Crippen LogP contribution in [-0.2, 0) is 9.53 Å². The zero-order valence-corrected chi connectivity index (χ0v) is 11.5. The van der Waals surface area contributed by atoms with Gasteiger partial charge in [0, 0.05) is 6.61 Å². The quantitative estimate of drug-likeness (QED) is 0.848. The Labute approximate surface area is 115 Å². The lowest BCUT2D eigenvalue weighted by Gasteiger charge is -2.11. The van der Waals surface area contributed by atoms with Gasteiger partial charge in [0.15, 0.2) is 6.04 Å². The average molecular weight is 280 g/mol. The third kappa shape index (κ3) is 2.69. The fraction of sp³-hybridized carbons (Fsp3) is 0.500. The molecule has 0 spiro atoms. The molecule has 0 saturated heterocycles. The third-order valence-electron chi connectivity index (χ3n) is 2.88. The van der Waals surface area contributed by atoms with Crippen molar-refractivity contribution >= 4 is 5.97 Å². The van der Waals surface area contributed by atoms with Crippen molar-refractivity contribution in [1.82, 2.24) is 20.2 Å². The highest BCUT2D eigenvalue weighted by atomic mass is 16.5. The second-order valence-electron chi connectivity index (χ2n) is 4.30. The number of hydrogen-bond acceptors (Lipinski definition) is 6. The fourth-order valence-electron chi connectivity index (χ4n) is 1.88. The minimum atomic E-state index is -1.02. The number of nitrogens with zero attached hydrogens (tertiary/aromatic N) is 4. The Morgan fingerprint density at radius 3 is 2.85 bits per heavy atom. The summed E-state index contributed by atoms with van der Waals surface area (Å²) >= 11 is 0. The summed E-state index contributed by atoms with van der Waals surface area (Å²) in [6.45, 7) is 5.84. The van der Waals surface area contributed by atoms with Gasteiger partial charge in [0.05, 0.1) is 24.1 Å². The molecule has 8 heteroatoms. The third-order valence-corrected chi connectivity index (χ3v) is 2.88. The van der Waals surface area contributed by atoms with Crippen molar-refractivity contribution in [2.24, 2.45) is 0 Å². The molecule has 1 unspecified atom stereocenters. The molecular weight excluding hydrogens is 264 g/mol. The summed E-state index contributed by atoms with van der Waals surface area (Å²) in [6.07, 6.45) is 1.56. The number of rotatable bonds is 6. The Hall–Kier alpha value is -2.22. The molecule has 0 aliphatic carbocycles. The van der Waals surface area contributed by atoms with E-state index >= 15 is 0 Å². The summed E-state index contributed by atoms with van der Waals surface area (Å²) in [6, 6.07) is -0.906. The van der Waals surface area contributed by atoms with Crippen LogP contribution in [-0.4, -0.2) is 44.4 Å². The van der Waals surface area contributed by atoms with Gasteiger partial charge in [0.2, 0.25) is 0 Å². The number of carboxylic acids is 1. The lowest BCUT2D eigenvalue weighted by atomic mass is 10.1. The van der Waals surface area contributed by atoms with E-state index in [0.29, 0.717) is 23.8 Å². The maximum Gasteiger partial charge on any atom is 0.330 e. The first-order valence-electron chi connectivity index (χ1n) is 6.20. The minimum absolute atomic E-state index is 0.0379. The molecule has 20 heavy (non-hydrogen) atoms. The molecule has 0 aromatic carbocycles. The van der Waals surface area contributed by atoms with Crippen LogP contribution in [0.4, 0.5) is 0 Å². The molecule has 1 N–H and O–H groups in total. The Morgan fingerprint density at radius 2 is 2.30 bits per heavy atom. The molecule has 8 nitrogen and oxygen atoms in total. The van der Waals surface area contributed by atoms with Gasteiger partial charge < -0.3 is 14.4 Å². The number of aryl methyl sites for hydroxylation is 2. The number of aliphatic carboxylic acids is 1. The highest BCUT2D eigenvalue weighted by Crippen LogP contribution is 2.25. The van der Waals surface area contributed by atoms with Gasteiger partial charge in [0.25, 0.3) is 0 Å².